The highest BCUT2D eigenvalue weighted by atomic mass is 79.9. The molecule has 0 aliphatic carbocycles. The molecule has 2 aromatic carbocycles. The van der Waals surface area contributed by atoms with E-state index in [0.29, 0.717) is 24.0 Å². The van der Waals surface area contributed by atoms with Crippen molar-refractivity contribution >= 4 is 54.6 Å². The van der Waals surface area contributed by atoms with Gasteiger partial charge >= 0.3 is 0 Å². The second-order valence-electron chi connectivity index (χ2n) is 8.14. The zero-order valence-electron chi connectivity index (χ0n) is 18.1. The number of sulfone groups is 1. The third-order valence-electron chi connectivity index (χ3n) is 5.89. The van der Waals surface area contributed by atoms with Crippen LogP contribution in [0.3, 0.4) is 0 Å². The maximum atomic E-state index is 12.7. The van der Waals surface area contributed by atoms with E-state index in [1.807, 2.05) is 12.1 Å². The van der Waals surface area contributed by atoms with Gasteiger partial charge in [-0.05, 0) is 56.2 Å². The van der Waals surface area contributed by atoms with Gasteiger partial charge in [0.15, 0.2) is 9.84 Å². The highest BCUT2D eigenvalue weighted by Gasteiger charge is 2.27. The number of hydrogen-bond acceptors (Lipinski definition) is 5. The van der Waals surface area contributed by atoms with Crippen LogP contribution in [0.5, 0.6) is 0 Å². The molecule has 4 rings (SSSR count). The van der Waals surface area contributed by atoms with Crippen molar-refractivity contribution in [2.75, 3.05) is 18.8 Å². The Morgan fingerprint density at radius 2 is 1.76 bits per heavy atom. The maximum Gasteiger partial charge on any atom is 0.223 e. The SMILES string of the molecule is Cc1sc(C2CCN(C(=O)CCS(=O)(=O)c3ccc(Cl)cc3)CC2)nc1-c1ccc(Br)cc1. The average Bonchev–Trinajstić information content (AvgIpc) is 3.20. The summed E-state index contributed by atoms with van der Waals surface area (Å²) in [4.78, 5) is 20.8. The van der Waals surface area contributed by atoms with Gasteiger partial charge in [-0.2, -0.15) is 0 Å². The van der Waals surface area contributed by atoms with E-state index in [1.165, 1.54) is 17.0 Å². The van der Waals surface area contributed by atoms with Gasteiger partial charge in [-0.3, -0.25) is 4.79 Å². The van der Waals surface area contributed by atoms with Crippen LogP contribution in [0.2, 0.25) is 5.02 Å². The zero-order chi connectivity index (χ0) is 23.6. The Bertz CT molecular complexity index is 1230. The first-order chi connectivity index (χ1) is 15.7. The van der Waals surface area contributed by atoms with Crippen molar-refractivity contribution in [1.29, 1.82) is 0 Å². The Hall–Kier alpha value is -1.74. The fourth-order valence-electron chi connectivity index (χ4n) is 3.98. The number of aryl methyl sites for hydroxylation is 1. The summed E-state index contributed by atoms with van der Waals surface area (Å²) in [6, 6.07) is 14.2. The predicted octanol–water partition coefficient (Wildman–Crippen LogP) is 6.10. The van der Waals surface area contributed by atoms with E-state index in [4.69, 9.17) is 16.6 Å². The number of carbonyl (C=O) groups is 1. The summed E-state index contributed by atoms with van der Waals surface area (Å²) < 4.78 is 26.1. The number of benzene rings is 2. The van der Waals surface area contributed by atoms with E-state index < -0.39 is 9.84 Å². The first-order valence-corrected chi connectivity index (χ1v) is 14.4. The average molecular weight is 568 g/mol. The lowest BCUT2D eigenvalue weighted by Crippen LogP contribution is -2.38. The second-order valence-corrected chi connectivity index (χ2v) is 12.8. The number of amides is 1. The minimum absolute atomic E-state index is 0.0142. The number of halogens is 2. The molecule has 174 valence electrons. The fourth-order valence-corrected chi connectivity index (χ4v) is 6.72. The summed E-state index contributed by atoms with van der Waals surface area (Å²) in [7, 11) is -3.51. The van der Waals surface area contributed by atoms with Crippen LogP contribution in [0.4, 0.5) is 0 Å². The Morgan fingerprint density at radius 3 is 2.39 bits per heavy atom. The lowest BCUT2D eigenvalue weighted by Gasteiger charge is -2.31. The number of nitrogens with zero attached hydrogens (tertiary/aromatic N) is 2. The van der Waals surface area contributed by atoms with Gasteiger partial charge in [0.25, 0.3) is 0 Å². The molecule has 1 aromatic heterocycles. The van der Waals surface area contributed by atoms with Crippen LogP contribution in [0.25, 0.3) is 11.3 Å². The molecule has 1 fully saturated rings. The lowest BCUT2D eigenvalue weighted by molar-refractivity contribution is -0.131. The van der Waals surface area contributed by atoms with Gasteiger partial charge in [-0.15, -0.1) is 11.3 Å². The topological polar surface area (TPSA) is 67.3 Å². The van der Waals surface area contributed by atoms with Gasteiger partial charge < -0.3 is 4.90 Å². The number of aromatic nitrogens is 1. The van der Waals surface area contributed by atoms with Gasteiger partial charge in [0.2, 0.25) is 5.91 Å². The molecular formula is C24H24BrClN2O3S2. The van der Waals surface area contributed by atoms with Crippen LogP contribution in [-0.2, 0) is 14.6 Å². The number of likely N-dealkylation sites (tertiary alicyclic amines) is 1. The van der Waals surface area contributed by atoms with Gasteiger partial charge in [-0.25, -0.2) is 13.4 Å². The smallest absolute Gasteiger partial charge is 0.223 e. The Morgan fingerprint density at radius 1 is 1.12 bits per heavy atom. The van der Waals surface area contributed by atoms with E-state index >= 15 is 0 Å². The molecular weight excluding hydrogens is 544 g/mol. The standard InChI is InChI=1S/C24H24BrClN2O3S2/c1-16-23(17-2-4-19(25)5-3-17)27-24(32-16)18-10-13-28(14-11-18)22(29)12-15-33(30,31)21-8-6-20(26)7-9-21/h2-9,18H,10-15H2,1H3. The lowest BCUT2D eigenvalue weighted by atomic mass is 9.97. The summed E-state index contributed by atoms with van der Waals surface area (Å²) in [5, 5.41) is 1.59. The summed E-state index contributed by atoms with van der Waals surface area (Å²) in [6.45, 7) is 3.34. The van der Waals surface area contributed by atoms with Gasteiger partial charge in [-0.1, -0.05) is 39.7 Å². The quantitative estimate of drug-likeness (QED) is 0.361. The van der Waals surface area contributed by atoms with E-state index in [9.17, 15) is 13.2 Å². The Kier molecular flexibility index (Phi) is 7.58. The monoisotopic (exact) mass is 566 g/mol. The van der Waals surface area contributed by atoms with Crippen LogP contribution in [0.15, 0.2) is 57.9 Å². The molecule has 1 amide bonds. The van der Waals surface area contributed by atoms with Crippen molar-refractivity contribution in [1.82, 2.24) is 9.88 Å². The van der Waals surface area contributed by atoms with Gasteiger partial charge in [0, 0.05) is 45.4 Å². The van der Waals surface area contributed by atoms with E-state index in [2.05, 4.69) is 35.0 Å². The largest absolute Gasteiger partial charge is 0.343 e. The van der Waals surface area contributed by atoms with Crippen LogP contribution < -0.4 is 0 Å². The van der Waals surface area contributed by atoms with Crippen LogP contribution >= 0.6 is 38.9 Å². The van der Waals surface area contributed by atoms with Crippen molar-refractivity contribution in [2.45, 2.75) is 37.0 Å². The third-order valence-corrected chi connectivity index (χ3v) is 9.53. The summed E-state index contributed by atoms with van der Waals surface area (Å²) in [6.07, 6.45) is 1.66. The zero-order valence-corrected chi connectivity index (χ0v) is 22.1. The number of thiazole rings is 1. The molecule has 0 saturated carbocycles. The Labute approximate surface area is 211 Å². The van der Waals surface area contributed by atoms with Crippen LogP contribution in [-0.4, -0.2) is 43.1 Å². The molecule has 33 heavy (non-hydrogen) atoms. The number of carbonyl (C=O) groups excluding carboxylic acids is 1. The number of hydrogen-bond donors (Lipinski definition) is 0. The minimum atomic E-state index is -3.51. The molecule has 0 bridgehead atoms. The number of piperidine rings is 1. The fraction of sp³-hybridized carbons (Fsp3) is 0.333. The molecule has 0 radical (unpaired) electrons. The molecule has 3 aromatic rings. The summed E-state index contributed by atoms with van der Waals surface area (Å²) in [5.41, 5.74) is 2.13. The van der Waals surface area contributed by atoms with Crippen molar-refractivity contribution in [3.8, 4) is 11.3 Å². The van der Waals surface area contributed by atoms with Gasteiger partial charge in [0.05, 0.1) is 21.3 Å². The number of rotatable bonds is 6. The molecule has 9 heteroatoms. The highest BCUT2D eigenvalue weighted by Crippen LogP contribution is 2.36. The van der Waals surface area contributed by atoms with Gasteiger partial charge in [0.1, 0.15) is 0 Å². The van der Waals surface area contributed by atoms with E-state index in [-0.39, 0.29) is 23.0 Å². The molecule has 0 atom stereocenters. The van der Waals surface area contributed by atoms with Crippen LogP contribution in [0.1, 0.15) is 35.1 Å². The minimum Gasteiger partial charge on any atom is -0.343 e. The molecule has 0 N–H and O–H groups in total. The second kappa shape index (κ2) is 10.3. The van der Waals surface area contributed by atoms with Crippen molar-refractivity contribution in [2.24, 2.45) is 0 Å². The molecule has 2 heterocycles. The normalized spacial score (nSPS) is 15.1. The first kappa shape index (κ1) is 24.4. The van der Waals surface area contributed by atoms with E-state index in [1.54, 1.807) is 28.4 Å². The summed E-state index contributed by atoms with van der Waals surface area (Å²) >= 11 is 11.0. The molecule has 1 aliphatic rings. The van der Waals surface area contributed by atoms with Crippen molar-refractivity contribution in [3.05, 3.63) is 67.9 Å². The molecule has 1 saturated heterocycles. The molecule has 1 aliphatic heterocycles. The summed E-state index contributed by atoms with van der Waals surface area (Å²) in [5.74, 6) is 0.00640. The first-order valence-electron chi connectivity index (χ1n) is 10.7. The van der Waals surface area contributed by atoms with Crippen LogP contribution in [0, 0.1) is 6.92 Å². The molecule has 5 nitrogen and oxygen atoms in total. The highest BCUT2D eigenvalue weighted by molar-refractivity contribution is 9.10. The molecule has 0 unspecified atom stereocenters. The van der Waals surface area contributed by atoms with Crippen molar-refractivity contribution < 1.29 is 13.2 Å². The Balaban J connectivity index is 1.33. The molecule has 0 spiro atoms. The predicted molar refractivity (Wildman–Crippen MR) is 137 cm³/mol. The third kappa shape index (κ3) is 5.85. The van der Waals surface area contributed by atoms with Crippen molar-refractivity contribution in [3.63, 3.8) is 0 Å². The van der Waals surface area contributed by atoms with E-state index in [0.717, 1.165) is 33.6 Å². The maximum absolute atomic E-state index is 12.7.